The van der Waals surface area contributed by atoms with Crippen LogP contribution in [0.25, 0.3) is 0 Å². The van der Waals surface area contributed by atoms with E-state index in [1.807, 2.05) is 5.10 Å². The Hall–Kier alpha value is -1.65. The van der Waals surface area contributed by atoms with E-state index in [9.17, 15) is 14.7 Å². The number of hydrogen-bond acceptors (Lipinski definition) is 4. The lowest BCUT2D eigenvalue weighted by Crippen LogP contribution is -2.25. The summed E-state index contributed by atoms with van der Waals surface area (Å²) in [5.41, 5.74) is -0.718. The van der Waals surface area contributed by atoms with Gasteiger partial charge in [0.2, 0.25) is 0 Å². The van der Waals surface area contributed by atoms with Crippen LogP contribution in [-0.4, -0.2) is 16.2 Å². The number of aromatic amines is 1. The second-order valence-electron chi connectivity index (χ2n) is 1.59. The average Bonchev–Trinajstić information content (AvgIpc) is 1.88. The predicted molar refractivity (Wildman–Crippen MR) is 29.2 cm³/mol. The van der Waals surface area contributed by atoms with E-state index in [0.717, 1.165) is 12.1 Å². The van der Waals surface area contributed by atoms with Gasteiger partial charge in [0.05, 0.1) is 5.97 Å². The average molecular weight is 139 g/mol. The van der Waals surface area contributed by atoms with E-state index >= 15 is 0 Å². The molecule has 0 unspecified atom stereocenters. The molecule has 5 nitrogen and oxygen atoms in total. The second kappa shape index (κ2) is 2.30. The standard InChI is InChI=1S/C5H4N2O3/c8-4-2-1-3(5(9)10)6-7-4/h1-2H,(H,7,8)(H,9,10)/p-1. The molecule has 0 amide bonds. The Kier molecular flexibility index (Phi) is 1.49. The van der Waals surface area contributed by atoms with Crippen LogP contribution in [-0.2, 0) is 0 Å². The van der Waals surface area contributed by atoms with Crippen LogP contribution in [0.3, 0.4) is 0 Å². The number of hydrogen-bond donors (Lipinski definition) is 1. The van der Waals surface area contributed by atoms with Crippen LogP contribution in [0.15, 0.2) is 16.9 Å². The summed E-state index contributed by atoms with van der Waals surface area (Å²) in [6.45, 7) is 0. The van der Waals surface area contributed by atoms with Gasteiger partial charge in [-0.2, -0.15) is 5.10 Å². The predicted octanol–water partition coefficient (Wildman–Crippen LogP) is -1.87. The van der Waals surface area contributed by atoms with Crippen molar-refractivity contribution in [1.82, 2.24) is 10.2 Å². The van der Waals surface area contributed by atoms with Crippen molar-refractivity contribution in [1.29, 1.82) is 0 Å². The van der Waals surface area contributed by atoms with Crippen LogP contribution in [0.2, 0.25) is 0 Å². The molecule has 0 saturated heterocycles. The molecule has 0 aromatic carbocycles. The van der Waals surface area contributed by atoms with Gasteiger partial charge in [0.1, 0.15) is 5.69 Å². The molecule has 0 atom stereocenters. The lowest BCUT2D eigenvalue weighted by Gasteiger charge is -1.96. The Bertz CT molecular complexity index is 284. The number of aromatic carboxylic acids is 1. The normalized spacial score (nSPS) is 9.20. The van der Waals surface area contributed by atoms with Gasteiger partial charge >= 0.3 is 0 Å². The van der Waals surface area contributed by atoms with Crippen molar-refractivity contribution in [3.05, 3.63) is 28.2 Å². The second-order valence-corrected chi connectivity index (χ2v) is 1.59. The smallest absolute Gasteiger partial charge is 0.264 e. The van der Waals surface area contributed by atoms with Crippen LogP contribution in [0.4, 0.5) is 0 Å². The topological polar surface area (TPSA) is 85.9 Å². The highest BCUT2D eigenvalue weighted by Crippen LogP contribution is 1.82. The molecule has 0 bridgehead atoms. The van der Waals surface area contributed by atoms with Crippen LogP contribution < -0.4 is 10.7 Å². The number of H-pyrrole nitrogens is 1. The molecular formula is C5H3N2O3-. The minimum atomic E-state index is -1.41. The van der Waals surface area contributed by atoms with Crippen LogP contribution >= 0.6 is 0 Å². The van der Waals surface area contributed by atoms with Gasteiger partial charge in [0, 0.05) is 6.07 Å². The monoisotopic (exact) mass is 139 g/mol. The maximum absolute atomic E-state index is 10.3. The van der Waals surface area contributed by atoms with Crippen LogP contribution in [0.5, 0.6) is 0 Å². The Morgan fingerprint density at radius 2 is 2.30 bits per heavy atom. The third-order valence-electron chi connectivity index (χ3n) is 0.888. The number of nitrogens with one attached hydrogen (secondary N) is 1. The number of carbonyl (C=O) groups is 1. The molecule has 1 aromatic rings. The summed E-state index contributed by atoms with van der Waals surface area (Å²) in [6.07, 6.45) is 0. The van der Waals surface area contributed by atoms with Gasteiger partial charge in [-0.25, -0.2) is 5.10 Å². The molecule has 10 heavy (non-hydrogen) atoms. The fraction of sp³-hybridized carbons (Fsp3) is 0. The first-order chi connectivity index (χ1) is 4.70. The van der Waals surface area contributed by atoms with Crippen molar-refractivity contribution in [2.45, 2.75) is 0 Å². The first-order valence-electron chi connectivity index (χ1n) is 2.47. The first-order valence-corrected chi connectivity index (χ1v) is 2.47. The molecule has 52 valence electrons. The first kappa shape index (κ1) is 6.47. The fourth-order valence-corrected chi connectivity index (χ4v) is 0.458. The fourth-order valence-electron chi connectivity index (χ4n) is 0.458. The van der Waals surface area contributed by atoms with E-state index < -0.39 is 11.5 Å². The molecule has 1 heterocycles. The van der Waals surface area contributed by atoms with E-state index in [2.05, 4.69) is 5.10 Å². The summed E-state index contributed by atoms with van der Waals surface area (Å²) in [5, 5.41) is 15.1. The van der Waals surface area contributed by atoms with Crippen molar-refractivity contribution in [3.8, 4) is 0 Å². The molecule has 0 fully saturated rings. The number of carbonyl (C=O) groups excluding carboxylic acids is 1. The lowest BCUT2D eigenvalue weighted by atomic mass is 10.4. The zero-order valence-corrected chi connectivity index (χ0v) is 4.83. The molecule has 0 aliphatic carbocycles. The third-order valence-corrected chi connectivity index (χ3v) is 0.888. The number of nitrogens with zero attached hydrogens (tertiary/aromatic N) is 1. The zero-order chi connectivity index (χ0) is 7.56. The van der Waals surface area contributed by atoms with E-state index in [1.54, 1.807) is 0 Å². The van der Waals surface area contributed by atoms with Crippen LogP contribution in [0.1, 0.15) is 10.5 Å². The molecule has 0 radical (unpaired) electrons. The molecule has 1 aromatic heterocycles. The number of carboxylic acids is 1. The quantitative estimate of drug-likeness (QED) is 0.494. The molecule has 0 spiro atoms. The Balaban J connectivity index is 3.12. The van der Waals surface area contributed by atoms with E-state index in [-0.39, 0.29) is 5.69 Å². The number of carboxylic acid groups (broad SMARTS) is 1. The van der Waals surface area contributed by atoms with Gasteiger partial charge in [-0.1, -0.05) is 0 Å². The highest BCUT2D eigenvalue weighted by Gasteiger charge is 1.91. The zero-order valence-electron chi connectivity index (χ0n) is 4.83. The SMILES string of the molecule is O=C([O-])c1ccc(=O)[nH]n1. The molecule has 0 aliphatic rings. The summed E-state index contributed by atoms with van der Waals surface area (Å²) in [7, 11) is 0. The molecule has 1 rings (SSSR count). The molecular weight excluding hydrogens is 136 g/mol. The Morgan fingerprint density at radius 1 is 1.60 bits per heavy atom. The van der Waals surface area contributed by atoms with Gasteiger partial charge in [0.25, 0.3) is 5.56 Å². The molecule has 5 heteroatoms. The highest BCUT2D eigenvalue weighted by molar-refractivity contribution is 5.82. The third kappa shape index (κ3) is 1.19. The van der Waals surface area contributed by atoms with Gasteiger partial charge < -0.3 is 9.90 Å². The van der Waals surface area contributed by atoms with Crippen molar-refractivity contribution in [2.75, 3.05) is 0 Å². The summed E-state index contributed by atoms with van der Waals surface area (Å²) in [6, 6.07) is 2.15. The van der Waals surface area contributed by atoms with Gasteiger partial charge in [0.15, 0.2) is 0 Å². The summed E-state index contributed by atoms with van der Waals surface area (Å²) >= 11 is 0. The van der Waals surface area contributed by atoms with Gasteiger partial charge in [-0.15, -0.1) is 0 Å². The molecule has 0 aliphatic heterocycles. The summed E-state index contributed by atoms with van der Waals surface area (Å²) < 4.78 is 0. The highest BCUT2D eigenvalue weighted by atomic mass is 16.4. The molecule has 0 saturated carbocycles. The number of aromatic nitrogens is 2. The Morgan fingerprint density at radius 3 is 2.70 bits per heavy atom. The Labute approximate surface area is 55.3 Å². The van der Waals surface area contributed by atoms with Crippen molar-refractivity contribution in [2.24, 2.45) is 0 Å². The van der Waals surface area contributed by atoms with Crippen LogP contribution in [0, 0.1) is 0 Å². The maximum Gasteiger partial charge on any atom is 0.264 e. The summed E-state index contributed by atoms with van der Waals surface area (Å²) in [4.78, 5) is 20.3. The lowest BCUT2D eigenvalue weighted by molar-refractivity contribution is -0.255. The van der Waals surface area contributed by atoms with E-state index in [0.29, 0.717) is 0 Å². The van der Waals surface area contributed by atoms with Crippen molar-refractivity contribution in [3.63, 3.8) is 0 Å². The minimum absolute atomic E-state index is 0.278. The van der Waals surface area contributed by atoms with E-state index in [1.165, 1.54) is 0 Å². The van der Waals surface area contributed by atoms with E-state index in [4.69, 9.17) is 0 Å². The van der Waals surface area contributed by atoms with Crippen molar-refractivity contribution < 1.29 is 9.90 Å². The van der Waals surface area contributed by atoms with Gasteiger partial charge in [-0.05, 0) is 6.07 Å². The van der Waals surface area contributed by atoms with Crippen molar-refractivity contribution >= 4 is 5.97 Å². The summed E-state index contributed by atoms with van der Waals surface area (Å²) in [5.74, 6) is -1.41. The van der Waals surface area contributed by atoms with Gasteiger partial charge in [-0.3, -0.25) is 4.79 Å². The largest absolute Gasteiger partial charge is 0.543 e. The minimum Gasteiger partial charge on any atom is -0.543 e. The molecule has 1 N–H and O–H groups in total. The maximum atomic E-state index is 10.3. The number of rotatable bonds is 1.